The van der Waals surface area contributed by atoms with Gasteiger partial charge in [0.2, 0.25) is 0 Å². The van der Waals surface area contributed by atoms with E-state index in [1.54, 1.807) is 47.1 Å². The minimum atomic E-state index is -0.984. The fourth-order valence-electron chi connectivity index (χ4n) is 2.29. The Morgan fingerprint density at radius 2 is 1.92 bits per heavy atom. The summed E-state index contributed by atoms with van der Waals surface area (Å²) in [6, 6.07) is 12.4. The number of imidazole rings is 1. The molecule has 1 aromatic carbocycles. The maximum atomic E-state index is 12.3. The standard InChI is InChI=1S/C18H17N3O4/c1-12(17(22)20-13-7-3-4-8-15(13)24-2)25-18(23)14-11-21-10-6-5-9-16(21)19-14/h3-12H,1-2H3,(H,20,22). The lowest BCUT2D eigenvalue weighted by molar-refractivity contribution is -0.123. The molecule has 0 saturated carbocycles. The summed E-state index contributed by atoms with van der Waals surface area (Å²) in [6.07, 6.45) is 2.35. The van der Waals surface area contributed by atoms with Crippen molar-refractivity contribution in [3.63, 3.8) is 0 Å². The van der Waals surface area contributed by atoms with E-state index in [0.29, 0.717) is 17.1 Å². The van der Waals surface area contributed by atoms with Crippen molar-refractivity contribution in [1.82, 2.24) is 9.38 Å². The second kappa shape index (κ2) is 7.04. The Kier molecular flexibility index (Phi) is 4.65. The quantitative estimate of drug-likeness (QED) is 0.722. The SMILES string of the molecule is COc1ccccc1NC(=O)C(C)OC(=O)c1cn2ccccc2n1. The minimum absolute atomic E-state index is 0.142. The van der Waals surface area contributed by atoms with Gasteiger partial charge in [0.25, 0.3) is 5.91 Å². The van der Waals surface area contributed by atoms with Crippen LogP contribution in [0.15, 0.2) is 54.9 Å². The van der Waals surface area contributed by atoms with Crippen LogP contribution in [-0.4, -0.2) is 34.5 Å². The van der Waals surface area contributed by atoms with Gasteiger partial charge < -0.3 is 19.2 Å². The van der Waals surface area contributed by atoms with E-state index < -0.39 is 18.0 Å². The van der Waals surface area contributed by atoms with Crippen LogP contribution in [0.2, 0.25) is 0 Å². The zero-order valence-electron chi connectivity index (χ0n) is 13.8. The molecular formula is C18H17N3O4. The van der Waals surface area contributed by atoms with Crippen molar-refractivity contribution in [1.29, 1.82) is 0 Å². The number of ether oxygens (including phenoxy) is 2. The molecule has 7 nitrogen and oxygen atoms in total. The number of methoxy groups -OCH3 is 1. The first kappa shape index (κ1) is 16.5. The van der Waals surface area contributed by atoms with Crippen molar-refractivity contribution in [2.45, 2.75) is 13.0 Å². The number of para-hydroxylation sites is 2. The first-order chi connectivity index (χ1) is 12.1. The van der Waals surface area contributed by atoms with Crippen molar-refractivity contribution in [3.05, 3.63) is 60.6 Å². The van der Waals surface area contributed by atoms with Gasteiger partial charge in [0, 0.05) is 12.4 Å². The highest BCUT2D eigenvalue weighted by molar-refractivity contribution is 5.97. The third kappa shape index (κ3) is 3.60. The van der Waals surface area contributed by atoms with E-state index in [1.807, 2.05) is 12.1 Å². The van der Waals surface area contributed by atoms with E-state index in [2.05, 4.69) is 10.3 Å². The number of amides is 1. The highest BCUT2D eigenvalue weighted by atomic mass is 16.5. The monoisotopic (exact) mass is 339 g/mol. The Balaban J connectivity index is 1.67. The van der Waals surface area contributed by atoms with Crippen molar-refractivity contribution in [2.75, 3.05) is 12.4 Å². The number of hydrogen-bond donors (Lipinski definition) is 1. The molecule has 7 heteroatoms. The average Bonchev–Trinajstić information content (AvgIpc) is 3.06. The predicted molar refractivity (Wildman–Crippen MR) is 91.7 cm³/mol. The molecule has 3 rings (SSSR count). The number of fused-ring (bicyclic) bond motifs is 1. The smallest absolute Gasteiger partial charge is 0.359 e. The van der Waals surface area contributed by atoms with Crippen LogP contribution in [0.4, 0.5) is 5.69 Å². The van der Waals surface area contributed by atoms with E-state index in [4.69, 9.17) is 9.47 Å². The number of carbonyl (C=O) groups is 2. The topological polar surface area (TPSA) is 81.9 Å². The maximum absolute atomic E-state index is 12.3. The van der Waals surface area contributed by atoms with Gasteiger partial charge in [-0.3, -0.25) is 4.79 Å². The molecule has 1 amide bonds. The summed E-state index contributed by atoms with van der Waals surface area (Å²) in [5, 5.41) is 2.68. The summed E-state index contributed by atoms with van der Waals surface area (Å²) < 4.78 is 12.1. The molecule has 1 N–H and O–H groups in total. The van der Waals surface area contributed by atoms with Crippen molar-refractivity contribution in [2.24, 2.45) is 0 Å². The number of nitrogens with zero attached hydrogens (tertiary/aromatic N) is 2. The number of anilines is 1. The summed E-state index contributed by atoms with van der Waals surface area (Å²) in [5.41, 5.74) is 1.27. The van der Waals surface area contributed by atoms with Gasteiger partial charge in [-0.2, -0.15) is 0 Å². The largest absolute Gasteiger partial charge is 0.495 e. The Bertz CT molecular complexity index is 886. The second-order valence-electron chi connectivity index (χ2n) is 5.33. The van der Waals surface area contributed by atoms with Crippen LogP contribution in [0, 0.1) is 0 Å². The summed E-state index contributed by atoms with van der Waals surface area (Å²) in [4.78, 5) is 28.6. The van der Waals surface area contributed by atoms with Gasteiger partial charge in [0.05, 0.1) is 12.8 Å². The molecule has 0 radical (unpaired) electrons. The summed E-state index contributed by atoms with van der Waals surface area (Å²) in [5.74, 6) is -0.595. The Morgan fingerprint density at radius 1 is 1.16 bits per heavy atom. The van der Waals surface area contributed by atoms with Gasteiger partial charge >= 0.3 is 5.97 Å². The van der Waals surface area contributed by atoms with Gasteiger partial charge in [-0.25, -0.2) is 9.78 Å². The van der Waals surface area contributed by atoms with Crippen molar-refractivity contribution in [3.8, 4) is 5.75 Å². The predicted octanol–water partition coefficient (Wildman–Crippen LogP) is 2.53. The van der Waals surface area contributed by atoms with Crippen molar-refractivity contribution >= 4 is 23.2 Å². The first-order valence-corrected chi connectivity index (χ1v) is 7.67. The van der Waals surface area contributed by atoms with Gasteiger partial charge in [-0.1, -0.05) is 18.2 Å². The van der Waals surface area contributed by atoms with Crippen LogP contribution in [0.3, 0.4) is 0 Å². The van der Waals surface area contributed by atoms with E-state index >= 15 is 0 Å². The number of hydrogen-bond acceptors (Lipinski definition) is 5. The molecule has 0 aliphatic rings. The highest BCUT2D eigenvalue weighted by Gasteiger charge is 2.21. The van der Waals surface area contributed by atoms with Crippen LogP contribution in [0.25, 0.3) is 5.65 Å². The van der Waals surface area contributed by atoms with E-state index in [-0.39, 0.29) is 5.69 Å². The Labute approximate surface area is 144 Å². The number of benzene rings is 1. The first-order valence-electron chi connectivity index (χ1n) is 7.67. The van der Waals surface area contributed by atoms with Crippen LogP contribution in [-0.2, 0) is 9.53 Å². The second-order valence-corrected chi connectivity index (χ2v) is 5.33. The van der Waals surface area contributed by atoms with E-state index in [1.165, 1.54) is 14.0 Å². The van der Waals surface area contributed by atoms with Crippen LogP contribution >= 0.6 is 0 Å². The average molecular weight is 339 g/mol. The Morgan fingerprint density at radius 3 is 2.68 bits per heavy atom. The van der Waals surface area contributed by atoms with Crippen LogP contribution < -0.4 is 10.1 Å². The molecule has 0 aliphatic carbocycles. The molecule has 0 fully saturated rings. The van der Waals surface area contributed by atoms with Gasteiger partial charge in [-0.15, -0.1) is 0 Å². The molecule has 0 spiro atoms. The van der Waals surface area contributed by atoms with Gasteiger partial charge in [-0.05, 0) is 31.2 Å². The number of carbonyl (C=O) groups excluding carboxylic acids is 2. The number of pyridine rings is 1. The molecule has 1 atom stereocenters. The molecular weight excluding hydrogens is 322 g/mol. The van der Waals surface area contributed by atoms with Crippen molar-refractivity contribution < 1.29 is 19.1 Å². The molecule has 128 valence electrons. The number of aromatic nitrogens is 2. The van der Waals surface area contributed by atoms with E-state index in [0.717, 1.165) is 0 Å². The van der Waals surface area contributed by atoms with Crippen LogP contribution in [0.1, 0.15) is 17.4 Å². The third-order valence-corrected chi connectivity index (χ3v) is 3.59. The van der Waals surface area contributed by atoms with E-state index in [9.17, 15) is 9.59 Å². The molecule has 2 aromatic heterocycles. The van der Waals surface area contributed by atoms with Gasteiger partial charge in [0.1, 0.15) is 11.4 Å². The zero-order chi connectivity index (χ0) is 17.8. The molecule has 25 heavy (non-hydrogen) atoms. The molecule has 3 aromatic rings. The normalized spacial score (nSPS) is 11.8. The molecule has 0 bridgehead atoms. The maximum Gasteiger partial charge on any atom is 0.359 e. The lowest BCUT2D eigenvalue weighted by Crippen LogP contribution is -2.30. The molecule has 0 aliphatic heterocycles. The molecule has 1 unspecified atom stereocenters. The Hall–Kier alpha value is -3.35. The van der Waals surface area contributed by atoms with Gasteiger partial charge in [0.15, 0.2) is 11.8 Å². The molecule has 2 heterocycles. The fourth-order valence-corrected chi connectivity index (χ4v) is 2.29. The fraction of sp³-hybridized carbons (Fsp3) is 0.167. The van der Waals surface area contributed by atoms with Crippen LogP contribution in [0.5, 0.6) is 5.75 Å². The molecule has 0 saturated heterocycles. The minimum Gasteiger partial charge on any atom is -0.495 e. The number of esters is 1. The third-order valence-electron chi connectivity index (χ3n) is 3.59. The summed E-state index contributed by atoms with van der Waals surface area (Å²) in [6.45, 7) is 1.50. The number of rotatable bonds is 5. The zero-order valence-corrected chi connectivity index (χ0v) is 13.8. The lowest BCUT2D eigenvalue weighted by atomic mass is 10.2. The summed E-state index contributed by atoms with van der Waals surface area (Å²) in [7, 11) is 1.51. The highest BCUT2D eigenvalue weighted by Crippen LogP contribution is 2.23. The number of nitrogens with one attached hydrogen (secondary N) is 1. The lowest BCUT2D eigenvalue weighted by Gasteiger charge is -2.14. The summed E-state index contributed by atoms with van der Waals surface area (Å²) >= 11 is 0.